The first kappa shape index (κ1) is 24.1. The van der Waals surface area contributed by atoms with Gasteiger partial charge in [-0.1, -0.05) is 41.9 Å². The average Bonchev–Trinajstić information content (AvgIpc) is 2.80. The Hall–Kier alpha value is -3.14. The summed E-state index contributed by atoms with van der Waals surface area (Å²) in [6.45, 7) is 3.19. The summed E-state index contributed by atoms with van der Waals surface area (Å²) < 4.78 is 0. The Morgan fingerprint density at radius 1 is 0.968 bits per heavy atom. The van der Waals surface area contributed by atoms with Gasteiger partial charge in [0.2, 0.25) is 5.91 Å². The van der Waals surface area contributed by atoms with Gasteiger partial charge >= 0.3 is 12.0 Å². The third-order valence-electron chi connectivity index (χ3n) is 4.46. The highest BCUT2D eigenvalue weighted by Crippen LogP contribution is 2.13. The summed E-state index contributed by atoms with van der Waals surface area (Å²) in [7, 11) is 0. The summed E-state index contributed by atoms with van der Waals surface area (Å²) in [6.07, 6.45) is 0. The highest BCUT2D eigenvalue weighted by molar-refractivity contribution is 6.30. The molecule has 3 amide bonds. The molecule has 0 unspecified atom stereocenters. The number of hydrogen-bond donors (Lipinski definition) is 3. The lowest BCUT2D eigenvalue weighted by molar-refractivity contribution is -0.147. The van der Waals surface area contributed by atoms with E-state index < -0.39 is 12.0 Å². The topological polar surface area (TPSA) is 131 Å². The van der Waals surface area contributed by atoms with Crippen LogP contribution in [-0.4, -0.2) is 60.4 Å². The fraction of sp³-hybridized carbons (Fsp3) is 0.286. The van der Waals surface area contributed by atoms with E-state index in [1.165, 1.54) is 5.56 Å². The second-order valence-electron chi connectivity index (χ2n) is 6.71. The lowest BCUT2D eigenvalue weighted by Crippen LogP contribution is -2.51. The monoisotopic (exact) mass is 447 g/mol. The second-order valence-corrected chi connectivity index (χ2v) is 7.14. The Bertz CT molecular complexity index is 856. The third-order valence-corrected chi connectivity index (χ3v) is 4.71. The Kier molecular flexibility index (Phi) is 9.76. The molecule has 2 aromatic carbocycles. The minimum Gasteiger partial charge on any atom is -0.366 e. The van der Waals surface area contributed by atoms with E-state index in [1.807, 2.05) is 30.3 Å². The predicted molar refractivity (Wildman–Crippen MR) is 117 cm³/mol. The van der Waals surface area contributed by atoms with Gasteiger partial charge in [0.15, 0.2) is 0 Å². The molecule has 2 aromatic rings. The van der Waals surface area contributed by atoms with Crippen LogP contribution in [0.15, 0.2) is 54.6 Å². The molecule has 0 atom stereocenters. The lowest BCUT2D eigenvalue weighted by atomic mass is 10.2. The van der Waals surface area contributed by atoms with Crippen LogP contribution >= 0.6 is 11.6 Å². The molecular weight excluding hydrogens is 422 g/mol. The third kappa shape index (κ3) is 8.63. The number of amides is 3. The average molecular weight is 448 g/mol. The maximum absolute atomic E-state index is 11.8. The van der Waals surface area contributed by atoms with Gasteiger partial charge < -0.3 is 21.2 Å². The SMILES string of the molecule is NC(=O)c1ccccc1.NCC(=O)ONC(=O)N1CCN(Cc2ccc(Cl)cc2)CC1. The zero-order valence-corrected chi connectivity index (χ0v) is 17.8. The Labute approximate surface area is 185 Å². The van der Waals surface area contributed by atoms with Crippen molar-refractivity contribution in [3.05, 3.63) is 70.7 Å². The van der Waals surface area contributed by atoms with Gasteiger partial charge in [-0.3, -0.25) is 9.69 Å². The summed E-state index contributed by atoms with van der Waals surface area (Å²) in [4.78, 5) is 41.4. The van der Waals surface area contributed by atoms with Gasteiger partial charge in [0.05, 0.1) is 6.54 Å². The molecule has 0 bridgehead atoms. The van der Waals surface area contributed by atoms with Crippen molar-refractivity contribution >= 4 is 29.5 Å². The van der Waals surface area contributed by atoms with Gasteiger partial charge in [-0.15, -0.1) is 0 Å². The molecular formula is C21H26ClN5O4. The molecule has 0 spiro atoms. The first-order valence-corrected chi connectivity index (χ1v) is 10.0. The predicted octanol–water partition coefficient (Wildman–Crippen LogP) is 1.37. The molecule has 31 heavy (non-hydrogen) atoms. The van der Waals surface area contributed by atoms with E-state index in [9.17, 15) is 14.4 Å². The highest BCUT2D eigenvalue weighted by atomic mass is 35.5. The van der Waals surface area contributed by atoms with Crippen molar-refractivity contribution in [3.63, 3.8) is 0 Å². The molecule has 0 aromatic heterocycles. The quantitative estimate of drug-likeness (QED) is 0.606. The highest BCUT2D eigenvalue weighted by Gasteiger charge is 2.21. The largest absolute Gasteiger partial charge is 0.366 e. The molecule has 0 aliphatic carbocycles. The number of halogens is 1. The minimum atomic E-state index is -0.672. The van der Waals surface area contributed by atoms with Crippen molar-refractivity contribution in [3.8, 4) is 0 Å². The van der Waals surface area contributed by atoms with Crippen LogP contribution in [0.2, 0.25) is 5.02 Å². The number of hydroxylamine groups is 1. The minimum absolute atomic E-state index is 0.269. The van der Waals surface area contributed by atoms with E-state index >= 15 is 0 Å². The van der Waals surface area contributed by atoms with Crippen LogP contribution < -0.4 is 16.9 Å². The molecule has 1 saturated heterocycles. The summed E-state index contributed by atoms with van der Waals surface area (Å²) in [5, 5.41) is 0.720. The summed E-state index contributed by atoms with van der Waals surface area (Å²) in [5.74, 6) is -1.05. The summed E-state index contributed by atoms with van der Waals surface area (Å²) in [5.41, 5.74) is 13.9. The molecule has 9 nitrogen and oxygen atoms in total. The van der Waals surface area contributed by atoms with Gasteiger partial charge in [-0.2, -0.15) is 5.48 Å². The Morgan fingerprint density at radius 3 is 2.10 bits per heavy atom. The number of primary amides is 1. The lowest BCUT2D eigenvalue weighted by Gasteiger charge is -2.34. The molecule has 3 rings (SSSR count). The van der Waals surface area contributed by atoms with Crippen LogP contribution in [-0.2, 0) is 16.2 Å². The number of urea groups is 1. The van der Waals surface area contributed by atoms with Crippen LogP contribution in [0.5, 0.6) is 0 Å². The summed E-state index contributed by atoms with van der Waals surface area (Å²) in [6, 6.07) is 16.1. The van der Waals surface area contributed by atoms with Crippen molar-refractivity contribution in [2.75, 3.05) is 32.7 Å². The number of nitrogens with two attached hydrogens (primary N) is 2. The van der Waals surface area contributed by atoms with Crippen LogP contribution in [0.3, 0.4) is 0 Å². The Balaban J connectivity index is 0.000000316. The molecule has 166 valence electrons. The molecule has 1 fully saturated rings. The zero-order valence-electron chi connectivity index (χ0n) is 17.0. The fourth-order valence-corrected chi connectivity index (χ4v) is 2.89. The first-order chi connectivity index (χ1) is 14.9. The molecule has 1 heterocycles. The van der Waals surface area contributed by atoms with Crippen molar-refractivity contribution in [1.29, 1.82) is 0 Å². The molecule has 10 heteroatoms. The van der Waals surface area contributed by atoms with Crippen molar-refractivity contribution in [2.45, 2.75) is 6.54 Å². The smallest absolute Gasteiger partial charge is 0.350 e. The molecule has 1 aliphatic heterocycles. The number of carbonyl (C=O) groups excluding carboxylic acids is 3. The van der Waals surface area contributed by atoms with Gasteiger partial charge in [-0.05, 0) is 29.8 Å². The van der Waals surface area contributed by atoms with E-state index in [1.54, 1.807) is 29.2 Å². The second kappa shape index (κ2) is 12.5. The number of rotatable bonds is 4. The van der Waals surface area contributed by atoms with Gasteiger partial charge in [0, 0.05) is 43.3 Å². The maximum Gasteiger partial charge on any atom is 0.350 e. The first-order valence-electron chi connectivity index (χ1n) is 9.65. The standard InChI is InChI=1S/C14H19ClN4O3.C7H7NO/c15-12-3-1-11(2-4-12)10-18-5-7-19(8-6-18)14(21)17-22-13(20)9-16;8-7(9)6-4-2-1-3-5-6/h1-4H,5-10,16H2,(H,17,21);1-5H,(H2,8,9). The Morgan fingerprint density at radius 2 is 1.58 bits per heavy atom. The van der Waals surface area contributed by atoms with Crippen molar-refractivity contribution in [2.24, 2.45) is 11.5 Å². The van der Waals surface area contributed by atoms with E-state index in [-0.39, 0.29) is 12.5 Å². The van der Waals surface area contributed by atoms with Gasteiger partial charge in [0.1, 0.15) is 0 Å². The van der Waals surface area contributed by atoms with Crippen LogP contribution in [0, 0.1) is 0 Å². The number of nitrogens with one attached hydrogen (secondary N) is 1. The number of nitrogens with zero attached hydrogens (tertiary/aromatic N) is 2. The normalized spacial score (nSPS) is 13.5. The van der Waals surface area contributed by atoms with Gasteiger partial charge in [-0.25, -0.2) is 9.59 Å². The molecule has 1 aliphatic rings. The van der Waals surface area contributed by atoms with E-state index in [2.05, 4.69) is 15.2 Å². The van der Waals surface area contributed by atoms with E-state index in [4.69, 9.17) is 23.1 Å². The zero-order chi connectivity index (χ0) is 22.6. The molecule has 5 N–H and O–H groups in total. The molecule has 0 saturated carbocycles. The maximum atomic E-state index is 11.8. The van der Waals surface area contributed by atoms with Crippen LogP contribution in [0.4, 0.5) is 4.79 Å². The van der Waals surface area contributed by atoms with Crippen molar-refractivity contribution < 1.29 is 19.2 Å². The van der Waals surface area contributed by atoms with E-state index in [0.717, 1.165) is 24.7 Å². The van der Waals surface area contributed by atoms with Gasteiger partial charge in [0.25, 0.3) is 0 Å². The number of benzene rings is 2. The number of piperazine rings is 1. The van der Waals surface area contributed by atoms with Crippen LogP contribution in [0.25, 0.3) is 0 Å². The van der Waals surface area contributed by atoms with Crippen molar-refractivity contribution in [1.82, 2.24) is 15.3 Å². The fourth-order valence-electron chi connectivity index (χ4n) is 2.77. The number of carbonyl (C=O) groups is 3. The number of hydrogen-bond acceptors (Lipinski definition) is 6. The van der Waals surface area contributed by atoms with E-state index in [0.29, 0.717) is 18.7 Å². The van der Waals surface area contributed by atoms with Crippen LogP contribution in [0.1, 0.15) is 15.9 Å². The molecule has 0 radical (unpaired) electrons. The summed E-state index contributed by atoms with van der Waals surface area (Å²) >= 11 is 5.86.